The fourth-order valence-electron chi connectivity index (χ4n) is 2.95. The first-order valence-electron chi connectivity index (χ1n) is 9.15. The Hall–Kier alpha value is -3.86. The van der Waals surface area contributed by atoms with Crippen LogP contribution in [0.3, 0.4) is 0 Å². The van der Waals surface area contributed by atoms with Gasteiger partial charge in [0, 0.05) is 13.1 Å². The van der Waals surface area contributed by atoms with Crippen LogP contribution in [0.1, 0.15) is 21.6 Å². The van der Waals surface area contributed by atoms with E-state index in [1.807, 2.05) is 0 Å². The zero-order valence-electron chi connectivity index (χ0n) is 16.1. The fourth-order valence-corrected chi connectivity index (χ4v) is 3.16. The van der Waals surface area contributed by atoms with Crippen molar-refractivity contribution in [1.82, 2.24) is 25.5 Å². The van der Waals surface area contributed by atoms with Gasteiger partial charge < -0.3 is 15.7 Å². The van der Waals surface area contributed by atoms with E-state index >= 15 is 0 Å². The molecule has 0 spiro atoms. The van der Waals surface area contributed by atoms with Crippen molar-refractivity contribution in [2.45, 2.75) is 13.1 Å². The summed E-state index contributed by atoms with van der Waals surface area (Å²) in [5.74, 6) is -4.08. The molecule has 164 valence electrons. The molecule has 2 heterocycles. The standard InChI is InChI=1S/C20H14ClF3N6O2/c21-11-3-9(1-2-12(11)22)6-26-20(32)17-15-16(27-8-28-17)19(30-29-15)25-7-10-4-13(23)18(31)14(24)5-10/h1-5,8,31H,6-7H2,(H,26,32)(H2,25,29,30). The minimum atomic E-state index is -1.09. The van der Waals surface area contributed by atoms with E-state index < -0.39 is 29.1 Å². The number of carbonyl (C=O) groups is 1. The van der Waals surface area contributed by atoms with Crippen LogP contribution in [0.2, 0.25) is 5.02 Å². The van der Waals surface area contributed by atoms with Crippen molar-refractivity contribution in [2.24, 2.45) is 0 Å². The van der Waals surface area contributed by atoms with Gasteiger partial charge in [-0.2, -0.15) is 5.10 Å². The van der Waals surface area contributed by atoms with Crippen LogP contribution in [-0.2, 0) is 13.1 Å². The van der Waals surface area contributed by atoms with Gasteiger partial charge in [0.15, 0.2) is 28.9 Å². The van der Waals surface area contributed by atoms with Crippen LogP contribution < -0.4 is 10.6 Å². The van der Waals surface area contributed by atoms with E-state index in [0.29, 0.717) is 5.56 Å². The van der Waals surface area contributed by atoms with E-state index in [9.17, 15) is 23.1 Å². The molecular formula is C20H14ClF3N6O2. The second-order valence-electron chi connectivity index (χ2n) is 6.71. The maximum absolute atomic E-state index is 13.5. The van der Waals surface area contributed by atoms with E-state index in [0.717, 1.165) is 12.1 Å². The molecule has 4 N–H and O–H groups in total. The Balaban J connectivity index is 1.50. The lowest BCUT2D eigenvalue weighted by Gasteiger charge is -2.07. The number of aromatic amines is 1. The van der Waals surface area contributed by atoms with E-state index in [1.54, 1.807) is 0 Å². The van der Waals surface area contributed by atoms with Gasteiger partial charge in [0.1, 0.15) is 23.2 Å². The predicted molar refractivity (Wildman–Crippen MR) is 110 cm³/mol. The summed E-state index contributed by atoms with van der Waals surface area (Å²) in [5, 5.41) is 21.3. The first-order chi connectivity index (χ1) is 15.3. The Morgan fingerprint density at radius 3 is 2.50 bits per heavy atom. The van der Waals surface area contributed by atoms with Gasteiger partial charge in [0.25, 0.3) is 5.91 Å². The number of nitrogens with zero attached hydrogens (tertiary/aromatic N) is 3. The first kappa shape index (κ1) is 21.4. The number of nitrogens with one attached hydrogen (secondary N) is 3. The number of H-pyrrole nitrogens is 1. The predicted octanol–water partition coefficient (Wildman–Crippen LogP) is 3.67. The van der Waals surface area contributed by atoms with Crippen LogP contribution in [0, 0.1) is 17.5 Å². The molecule has 0 saturated carbocycles. The number of carbonyl (C=O) groups excluding carboxylic acids is 1. The second kappa shape index (κ2) is 8.71. The Morgan fingerprint density at radius 1 is 1.03 bits per heavy atom. The quantitative estimate of drug-likeness (QED) is 0.347. The molecule has 0 unspecified atom stereocenters. The summed E-state index contributed by atoms with van der Waals surface area (Å²) in [4.78, 5) is 20.7. The zero-order chi connectivity index (χ0) is 22.8. The zero-order valence-corrected chi connectivity index (χ0v) is 16.8. The third-order valence-corrected chi connectivity index (χ3v) is 4.83. The van der Waals surface area contributed by atoms with Gasteiger partial charge >= 0.3 is 0 Å². The van der Waals surface area contributed by atoms with Crippen molar-refractivity contribution in [1.29, 1.82) is 0 Å². The summed E-state index contributed by atoms with van der Waals surface area (Å²) >= 11 is 5.74. The van der Waals surface area contributed by atoms with E-state index in [1.165, 1.54) is 24.5 Å². The van der Waals surface area contributed by atoms with Gasteiger partial charge in [0.2, 0.25) is 0 Å². The highest BCUT2D eigenvalue weighted by atomic mass is 35.5. The number of anilines is 1. The highest BCUT2D eigenvalue weighted by Gasteiger charge is 2.18. The number of aromatic nitrogens is 4. The van der Waals surface area contributed by atoms with Crippen LogP contribution in [0.5, 0.6) is 5.75 Å². The number of amides is 1. The molecule has 0 aliphatic heterocycles. The Bertz CT molecular complexity index is 1310. The lowest BCUT2D eigenvalue weighted by molar-refractivity contribution is 0.0947. The Morgan fingerprint density at radius 2 is 1.78 bits per heavy atom. The van der Waals surface area contributed by atoms with Crippen LogP contribution in [0.15, 0.2) is 36.7 Å². The van der Waals surface area contributed by atoms with Gasteiger partial charge in [-0.1, -0.05) is 17.7 Å². The number of fused-ring (bicyclic) bond motifs is 1. The molecular weight excluding hydrogens is 449 g/mol. The number of halogens is 4. The number of hydrogen-bond acceptors (Lipinski definition) is 6. The topological polar surface area (TPSA) is 116 Å². The van der Waals surface area contributed by atoms with Gasteiger partial charge in [-0.05, 0) is 35.4 Å². The normalized spacial score (nSPS) is 11.0. The first-order valence-corrected chi connectivity index (χ1v) is 9.53. The summed E-state index contributed by atoms with van der Waals surface area (Å²) in [6.07, 6.45) is 1.17. The highest BCUT2D eigenvalue weighted by Crippen LogP contribution is 2.24. The number of hydrogen-bond donors (Lipinski definition) is 4. The van der Waals surface area contributed by atoms with E-state index in [-0.39, 0.29) is 46.2 Å². The number of rotatable bonds is 6. The Kier molecular flexibility index (Phi) is 5.82. The minimum absolute atomic E-state index is 0.0190. The molecule has 2 aromatic heterocycles. The lowest BCUT2D eigenvalue weighted by Crippen LogP contribution is -2.24. The van der Waals surface area contributed by atoms with E-state index in [2.05, 4.69) is 30.8 Å². The average molecular weight is 463 g/mol. The number of aromatic hydroxyl groups is 1. The largest absolute Gasteiger partial charge is 0.503 e. The van der Waals surface area contributed by atoms with Crippen molar-refractivity contribution in [3.63, 3.8) is 0 Å². The molecule has 0 radical (unpaired) electrons. The summed E-state index contributed by atoms with van der Waals surface area (Å²) in [6.45, 7) is 0.0620. The van der Waals surface area contributed by atoms with Crippen molar-refractivity contribution in [3.8, 4) is 5.75 Å². The van der Waals surface area contributed by atoms with Gasteiger partial charge in [0.05, 0.1) is 5.02 Å². The molecule has 12 heteroatoms. The third-order valence-electron chi connectivity index (χ3n) is 4.54. The van der Waals surface area contributed by atoms with Crippen molar-refractivity contribution in [2.75, 3.05) is 5.32 Å². The van der Waals surface area contributed by atoms with Gasteiger partial charge in [-0.3, -0.25) is 9.89 Å². The van der Waals surface area contributed by atoms with Gasteiger partial charge in [-0.15, -0.1) is 0 Å². The lowest BCUT2D eigenvalue weighted by atomic mass is 10.2. The molecule has 0 fully saturated rings. The SMILES string of the molecule is O=C(NCc1ccc(F)c(Cl)c1)c1ncnc2c(NCc3cc(F)c(O)c(F)c3)n[nH]c12. The fraction of sp³-hybridized carbons (Fsp3) is 0.100. The molecule has 8 nitrogen and oxygen atoms in total. The Labute approximate surface area is 183 Å². The smallest absolute Gasteiger partial charge is 0.272 e. The highest BCUT2D eigenvalue weighted by molar-refractivity contribution is 6.30. The molecule has 0 bridgehead atoms. The maximum Gasteiger partial charge on any atom is 0.272 e. The summed E-state index contributed by atoms with van der Waals surface area (Å²) in [6, 6.07) is 6.06. The molecule has 1 amide bonds. The van der Waals surface area contributed by atoms with E-state index in [4.69, 9.17) is 11.6 Å². The van der Waals surface area contributed by atoms with Crippen molar-refractivity contribution in [3.05, 3.63) is 76.0 Å². The van der Waals surface area contributed by atoms with Gasteiger partial charge in [-0.25, -0.2) is 23.1 Å². The van der Waals surface area contributed by atoms with Crippen LogP contribution in [0.25, 0.3) is 11.0 Å². The molecule has 0 saturated heterocycles. The number of benzene rings is 2. The number of phenols is 1. The third kappa shape index (κ3) is 4.28. The summed E-state index contributed by atoms with van der Waals surface area (Å²) < 4.78 is 40.3. The molecule has 4 aromatic rings. The molecule has 0 aliphatic carbocycles. The minimum Gasteiger partial charge on any atom is -0.503 e. The summed E-state index contributed by atoms with van der Waals surface area (Å²) in [7, 11) is 0. The number of phenolic OH excluding ortho intramolecular Hbond substituents is 1. The molecule has 0 aliphatic rings. The van der Waals surface area contributed by atoms with Crippen molar-refractivity contribution >= 4 is 34.4 Å². The van der Waals surface area contributed by atoms with Crippen LogP contribution in [-0.4, -0.2) is 31.2 Å². The van der Waals surface area contributed by atoms with Crippen LogP contribution in [0.4, 0.5) is 19.0 Å². The molecule has 32 heavy (non-hydrogen) atoms. The second-order valence-corrected chi connectivity index (χ2v) is 7.12. The monoisotopic (exact) mass is 462 g/mol. The molecule has 2 aromatic carbocycles. The molecule has 0 atom stereocenters. The molecule has 4 rings (SSSR count). The average Bonchev–Trinajstić information content (AvgIpc) is 3.19. The van der Waals surface area contributed by atoms with Crippen LogP contribution >= 0.6 is 11.6 Å². The summed E-state index contributed by atoms with van der Waals surface area (Å²) in [5.41, 5.74) is 1.36. The van der Waals surface area contributed by atoms with Crippen molar-refractivity contribution < 1.29 is 23.1 Å². The maximum atomic E-state index is 13.5.